The molecule has 2 N–H and O–H groups in total. The third kappa shape index (κ3) is 3.24. The van der Waals surface area contributed by atoms with E-state index in [9.17, 15) is 13.6 Å². The van der Waals surface area contributed by atoms with E-state index in [1.54, 1.807) is 17.9 Å². The Morgan fingerprint density at radius 3 is 2.78 bits per heavy atom. The Hall–Kier alpha value is -2.28. The molecule has 0 aliphatic heterocycles. The molecule has 7 heteroatoms. The minimum Gasteiger partial charge on any atom is -0.348 e. The maximum absolute atomic E-state index is 13.4. The van der Waals surface area contributed by atoms with Gasteiger partial charge >= 0.3 is 0 Å². The summed E-state index contributed by atoms with van der Waals surface area (Å²) < 4.78 is 28.4. The summed E-state index contributed by atoms with van der Waals surface area (Å²) in [7, 11) is 1.71. The van der Waals surface area contributed by atoms with Gasteiger partial charge in [0.25, 0.3) is 0 Å². The number of carbonyl (C=O) groups excluding carboxylic acids is 1. The molecule has 122 valence electrons. The number of rotatable bonds is 4. The SMILES string of the molecule is CNCC(=O)NC1CCCc2c1cnn2-c1cc(F)cc(F)c1. The third-order valence-electron chi connectivity index (χ3n) is 3.95. The Kier molecular flexibility index (Phi) is 4.38. The maximum atomic E-state index is 13.4. The van der Waals surface area contributed by atoms with E-state index in [0.29, 0.717) is 5.69 Å². The summed E-state index contributed by atoms with van der Waals surface area (Å²) in [6.45, 7) is 0.245. The van der Waals surface area contributed by atoms with Crippen molar-refractivity contribution in [2.45, 2.75) is 25.3 Å². The fourth-order valence-corrected chi connectivity index (χ4v) is 3.00. The fourth-order valence-electron chi connectivity index (χ4n) is 3.00. The highest BCUT2D eigenvalue weighted by Gasteiger charge is 2.26. The van der Waals surface area contributed by atoms with Gasteiger partial charge in [-0.25, -0.2) is 13.5 Å². The van der Waals surface area contributed by atoms with Crippen LogP contribution in [0.15, 0.2) is 24.4 Å². The van der Waals surface area contributed by atoms with Crippen LogP contribution in [0, 0.1) is 11.6 Å². The molecular weight excluding hydrogens is 302 g/mol. The molecule has 0 spiro atoms. The number of carbonyl (C=O) groups is 1. The van der Waals surface area contributed by atoms with Crippen LogP contribution < -0.4 is 10.6 Å². The number of hydrogen-bond acceptors (Lipinski definition) is 3. The van der Waals surface area contributed by atoms with E-state index in [-0.39, 0.29) is 18.5 Å². The molecule has 5 nitrogen and oxygen atoms in total. The lowest BCUT2D eigenvalue weighted by molar-refractivity contribution is -0.121. The number of hydrogen-bond donors (Lipinski definition) is 2. The molecule has 1 unspecified atom stereocenters. The van der Waals surface area contributed by atoms with Gasteiger partial charge in [-0.3, -0.25) is 4.79 Å². The first-order chi connectivity index (χ1) is 11.1. The number of halogens is 2. The summed E-state index contributed by atoms with van der Waals surface area (Å²) in [6, 6.07) is 3.21. The van der Waals surface area contributed by atoms with Gasteiger partial charge in [-0.05, 0) is 38.4 Å². The molecule has 23 heavy (non-hydrogen) atoms. The number of nitrogens with zero attached hydrogens (tertiary/aromatic N) is 2. The Balaban J connectivity index is 1.92. The van der Waals surface area contributed by atoms with E-state index in [1.165, 1.54) is 12.1 Å². The second-order valence-corrected chi connectivity index (χ2v) is 5.63. The number of fused-ring (bicyclic) bond motifs is 1. The molecule has 3 rings (SSSR count). The van der Waals surface area contributed by atoms with Crippen LogP contribution in [0.4, 0.5) is 8.78 Å². The minimum atomic E-state index is -0.640. The highest BCUT2D eigenvalue weighted by Crippen LogP contribution is 2.31. The van der Waals surface area contributed by atoms with Crippen molar-refractivity contribution in [2.75, 3.05) is 13.6 Å². The summed E-state index contributed by atoms with van der Waals surface area (Å²) in [5.74, 6) is -1.37. The smallest absolute Gasteiger partial charge is 0.234 e. The molecule has 0 radical (unpaired) electrons. The highest BCUT2D eigenvalue weighted by atomic mass is 19.1. The summed E-state index contributed by atoms with van der Waals surface area (Å²) >= 11 is 0. The minimum absolute atomic E-state index is 0.0881. The van der Waals surface area contributed by atoms with Crippen molar-refractivity contribution in [2.24, 2.45) is 0 Å². The van der Waals surface area contributed by atoms with Gasteiger partial charge in [0.2, 0.25) is 5.91 Å². The summed E-state index contributed by atoms with van der Waals surface area (Å²) in [5.41, 5.74) is 2.15. The fraction of sp³-hybridized carbons (Fsp3) is 0.375. The Morgan fingerprint density at radius 2 is 2.09 bits per heavy atom. The predicted molar refractivity (Wildman–Crippen MR) is 81.2 cm³/mol. The monoisotopic (exact) mass is 320 g/mol. The number of nitrogens with one attached hydrogen (secondary N) is 2. The molecule has 1 atom stereocenters. The molecule has 0 saturated heterocycles. The molecule has 1 aromatic carbocycles. The topological polar surface area (TPSA) is 59.0 Å². The molecule has 1 amide bonds. The van der Waals surface area contributed by atoms with Gasteiger partial charge in [0.15, 0.2) is 0 Å². The zero-order chi connectivity index (χ0) is 16.4. The van der Waals surface area contributed by atoms with E-state index in [0.717, 1.165) is 36.6 Å². The first-order valence-corrected chi connectivity index (χ1v) is 7.55. The van der Waals surface area contributed by atoms with Crippen LogP contribution >= 0.6 is 0 Å². The predicted octanol–water partition coefficient (Wildman–Crippen LogP) is 1.86. The zero-order valence-corrected chi connectivity index (χ0v) is 12.8. The van der Waals surface area contributed by atoms with Gasteiger partial charge in [0, 0.05) is 17.3 Å². The van der Waals surface area contributed by atoms with E-state index < -0.39 is 11.6 Å². The largest absolute Gasteiger partial charge is 0.348 e. The Labute approximate surface area is 132 Å². The average Bonchev–Trinajstić information content (AvgIpc) is 2.91. The number of aromatic nitrogens is 2. The molecule has 2 aromatic rings. The van der Waals surface area contributed by atoms with E-state index in [4.69, 9.17) is 0 Å². The van der Waals surface area contributed by atoms with E-state index in [1.807, 2.05) is 0 Å². The lowest BCUT2D eigenvalue weighted by Crippen LogP contribution is -2.36. The van der Waals surface area contributed by atoms with Crippen molar-refractivity contribution in [3.8, 4) is 5.69 Å². The van der Waals surface area contributed by atoms with Crippen LogP contribution in [0.25, 0.3) is 5.69 Å². The molecule has 0 bridgehead atoms. The number of benzene rings is 1. The molecule has 0 fully saturated rings. The van der Waals surface area contributed by atoms with Crippen molar-refractivity contribution >= 4 is 5.91 Å². The molecule has 1 aromatic heterocycles. The quantitative estimate of drug-likeness (QED) is 0.904. The van der Waals surface area contributed by atoms with Gasteiger partial charge in [-0.1, -0.05) is 0 Å². The van der Waals surface area contributed by atoms with Crippen molar-refractivity contribution in [1.82, 2.24) is 20.4 Å². The van der Waals surface area contributed by atoms with Gasteiger partial charge in [-0.2, -0.15) is 5.10 Å². The van der Waals surface area contributed by atoms with Gasteiger partial charge in [0.1, 0.15) is 11.6 Å². The van der Waals surface area contributed by atoms with E-state index >= 15 is 0 Å². The van der Waals surface area contributed by atoms with Gasteiger partial charge in [0.05, 0.1) is 24.5 Å². The number of likely N-dealkylation sites (N-methyl/N-ethyl adjacent to an activating group) is 1. The van der Waals surface area contributed by atoms with Crippen LogP contribution in [0.3, 0.4) is 0 Å². The molecule has 1 aliphatic carbocycles. The number of amides is 1. The molecule has 0 saturated carbocycles. The zero-order valence-electron chi connectivity index (χ0n) is 12.8. The van der Waals surface area contributed by atoms with Crippen LogP contribution in [0.5, 0.6) is 0 Å². The van der Waals surface area contributed by atoms with Gasteiger partial charge in [-0.15, -0.1) is 0 Å². The average molecular weight is 320 g/mol. The van der Waals surface area contributed by atoms with Crippen LogP contribution in [-0.2, 0) is 11.2 Å². The lowest BCUT2D eigenvalue weighted by Gasteiger charge is -2.24. The van der Waals surface area contributed by atoms with Crippen molar-refractivity contribution in [1.29, 1.82) is 0 Å². The third-order valence-corrected chi connectivity index (χ3v) is 3.95. The molecule has 1 heterocycles. The van der Waals surface area contributed by atoms with Gasteiger partial charge < -0.3 is 10.6 Å². The summed E-state index contributed by atoms with van der Waals surface area (Å²) in [6.07, 6.45) is 4.13. The maximum Gasteiger partial charge on any atom is 0.234 e. The van der Waals surface area contributed by atoms with Crippen molar-refractivity contribution in [3.05, 3.63) is 47.3 Å². The molecule has 1 aliphatic rings. The van der Waals surface area contributed by atoms with Crippen LogP contribution in [0.1, 0.15) is 30.1 Å². The standard InChI is InChI=1S/C16H18F2N4O/c1-19-9-16(23)21-14-3-2-4-15-13(14)8-20-22(15)12-6-10(17)5-11(18)7-12/h5-8,14,19H,2-4,9H2,1H3,(H,21,23). The van der Waals surface area contributed by atoms with Crippen LogP contribution in [-0.4, -0.2) is 29.3 Å². The van der Waals surface area contributed by atoms with Crippen molar-refractivity contribution in [3.63, 3.8) is 0 Å². The summed E-state index contributed by atoms with van der Waals surface area (Å²) in [5, 5.41) is 10.0. The highest BCUT2D eigenvalue weighted by molar-refractivity contribution is 5.78. The Bertz CT molecular complexity index is 709. The van der Waals surface area contributed by atoms with Crippen molar-refractivity contribution < 1.29 is 13.6 Å². The summed E-state index contributed by atoms with van der Waals surface area (Å²) in [4.78, 5) is 11.8. The lowest BCUT2D eigenvalue weighted by atomic mass is 9.93. The van der Waals surface area contributed by atoms with E-state index in [2.05, 4.69) is 15.7 Å². The van der Waals surface area contributed by atoms with Crippen LogP contribution in [0.2, 0.25) is 0 Å². The first-order valence-electron chi connectivity index (χ1n) is 7.55. The first kappa shape index (κ1) is 15.6. The molecular formula is C16H18F2N4O. The Morgan fingerprint density at radius 1 is 1.35 bits per heavy atom. The second kappa shape index (κ2) is 6.45. The normalized spacial score (nSPS) is 16.9. The second-order valence-electron chi connectivity index (χ2n) is 5.63.